The predicted octanol–water partition coefficient (Wildman–Crippen LogP) is 4.04. The monoisotopic (exact) mass is 421 g/mol. The van der Waals surface area contributed by atoms with Crippen molar-refractivity contribution in [2.24, 2.45) is 0 Å². The van der Waals surface area contributed by atoms with Gasteiger partial charge in [-0.25, -0.2) is 14.1 Å². The number of ether oxygens (including phenoxy) is 1. The molecule has 1 unspecified atom stereocenters. The van der Waals surface area contributed by atoms with E-state index in [4.69, 9.17) is 10.00 Å². The zero-order valence-corrected chi connectivity index (χ0v) is 16.0. The smallest absolute Gasteiger partial charge is 0.417 e. The first-order valence-electron chi connectivity index (χ1n) is 8.54. The minimum Gasteiger partial charge on any atom is -0.494 e. The predicted molar refractivity (Wildman–Crippen MR) is 97.1 cm³/mol. The van der Waals surface area contributed by atoms with Gasteiger partial charge in [0.15, 0.2) is 11.6 Å². The maximum atomic E-state index is 14.2. The fraction of sp³-hybridized carbons (Fsp3) is 0.250. The van der Waals surface area contributed by atoms with Crippen LogP contribution in [0.4, 0.5) is 28.0 Å². The van der Waals surface area contributed by atoms with Crippen LogP contribution in [0.15, 0.2) is 36.4 Å². The number of nitriles is 1. The van der Waals surface area contributed by atoms with E-state index < -0.39 is 40.6 Å². The molecule has 1 fully saturated rings. The Kier molecular flexibility index (Phi) is 4.94. The Morgan fingerprint density at radius 1 is 1.13 bits per heavy atom. The number of likely N-dealkylation sites (N-methyl/N-ethyl adjacent to an activating group) is 1. The molecule has 3 amide bonds. The third kappa shape index (κ3) is 3.03. The second-order valence-corrected chi connectivity index (χ2v) is 6.74. The van der Waals surface area contributed by atoms with Crippen molar-refractivity contribution in [2.45, 2.75) is 18.6 Å². The summed E-state index contributed by atoms with van der Waals surface area (Å²) in [5.41, 5.74) is -3.81. The molecule has 1 aliphatic heterocycles. The number of urea groups is 1. The minimum atomic E-state index is -4.86. The van der Waals surface area contributed by atoms with E-state index in [0.29, 0.717) is 11.0 Å². The van der Waals surface area contributed by atoms with Crippen LogP contribution < -0.4 is 9.64 Å². The number of benzene rings is 2. The van der Waals surface area contributed by atoms with Crippen molar-refractivity contribution < 1.29 is 31.9 Å². The quantitative estimate of drug-likeness (QED) is 0.554. The molecule has 10 heteroatoms. The summed E-state index contributed by atoms with van der Waals surface area (Å²) in [6.45, 7) is 1.36. The van der Waals surface area contributed by atoms with Crippen molar-refractivity contribution in [1.29, 1.82) is 5.26 Å². The van der Waals surface area contributed by atoms with E-state index in [2.05, 4.69) is 0 Å². The molecule has 2 aromatic rings. The summed E-state index contributed by atoms with van der Waals surface area (Å²) in [5.74, 6) is -1.70. The van der Waals surface area contributed by atoms with Gasteiger partial charge in [-0.05, 0) is 42.8 Å². The van der Waals surface area contributed by atoms with E-state index in [1.807, 2.05) is 0 Å². The van der Waals surface area contributed by atoms with Gasteiger partial charge < -0.3 is 9.64 Å². The number of alkyl halides is 3. The number of hydrogen-bond donors (Lipinski definition) is 0. The summed E-state index contributed by atoms with van der Waals surface area (Å²) in [5, 5.41) is 8.93. The third-order valence-corrected chi connectivity index (χ3v) is 5.17. The van der Waals surface area contributed by atoms with Crippen LogP contribution in [0.1, 0.15) is 23.6 Å². The number of anilines is 1. The molecule has 3 rings (SSSR count). The van der Waals surface area contributed by atoms with Crippen LogP contribution in [0, 0.1) is 17.1 Å². The first-order valence-corrected chi connectivity index (χ1v) is 8.54. The van der Waals surface area contributed by atoms with Crippen LogP contribution in [-0.4, -0.2) is 31.0 Å². The minimum absolute atomic E-state index is 0.0689. The molecule has 1 heterocycles. The molecule has 0 radical (unpaired) electrons. The van der Waals surface area contributed by atoms with E-state index in [0.717, 1.165) is 23.1 Å². The molecule has 1 atom stereocenters. The molecule has 0 bridgehead atoms. The van der Waals surface area contributed by atoms with Crippen LogP contribution in [0.5, 0.6) is 5.75 Å². The van der Waals surface area contributed by atoms with Crippen LogP contribution in [0.25, 0.3) is 0 Å². The Bertz CT molecular complexity index is 1090. The summed E-state index contributed by atoms with van der Waals surface area (Å²) in [6.07, 6.45) is -4.86. The molecular weight excluding hydrogens is 406 g/mol. The maximum Gasteiger partial charge on any atom is 0.417 e. The lowest BCUT2D eigenvalue weighted by Gasteiger charge is -2.29. The number of carbonyl (C=O) groups excluding carboxylic acids is 2. The molecule has 1 saturated heterocycles. The van der Waals surface area contributed by atoms with Gasteiger partial charge in [-0.2, -0.15) is 18.4 Å². The number of amides is 3. The average Bonchev–Trinajstić information content (AvgIpc) is 2.87. The molecule has 30 heavy (non-hydrogen) atoms. The van der Waals surface area contributed by atoms with Gasteiger partial charge in [0.2, 0.25) is 0 Å². The zero-order valence-electron chi connectivity index (χ0n) is 16.0. The van der Waals surface area contributed by atoms with E-state index >= 15 is 0 Å². The van der Waals surface area contributed by atoms with Crippen molar-refractivity contribution in [3.05, 3.63) is 58.9 Å². The third-order valence-electron chi connectivity index (χ3n) is 5.17. The molecule has 156 valence electrons. The number of nitrogens with zero attached hydrogens (tertiary/aromatic N) is 3. The maximum absolute atomic E-state index is 14.2. The average molecular weight is 421 g/mol. The number of imide groups is 1. The number of methoxy groups -OCH3 is 1. The Balaban J connectivity index is 2.12. The number of halogens is 4. The zero-order chi connectivity index (χ0) is 22.4. The highest BCUT2D eigenvalue weighted by atomic mass is 19.4. The number of hydrogen-bond acceptors (Lipinski definition) is 4. The molecule has 1 aliphatic rings. The standard InChI is InChI=1S/C20H15F4N3O3/c1-19(12-5-7-16(30-3)15(21)8-12)17(28)27(18(29)26(19)2)13-6-4-11(10-25)14(9-13)20(22,23)24/h4-9H,1-3H3. The largest absolute Gasteiger partial charge is 0.494 e. The number of carbonyl (C=O) groups is 2. The highest BCUT2D eigenvalue weighted by molar-refractivity contribution is 6.23. The van der Waals surface area contributed by atoms with Gasteiger partial charge in [-0.1, -0.05) is 6.07 Å². The van der Waals surface area contributed by atoms with Crippen molar-refractivity contribution in [2.75, 3.05) is 19.1 Å². The van der Waals surface area contributed by atoms with E-state index in [1.165, 1.54) is 39.3 Å². The highest BCUT2D eigenvalue weighted by Crippen LogP contribution is 2.41. The summed E-state index contributed by atoms with van der Waals surface area (Å²) in [7, 11) is 2.55. The van der Waals surface area contributed by atoms with E-state index in [1.54, 1.807) is 0 Å². The Hall–Kier alpha value is -3.61. The van der Waals surface area contributed by atoms with Crippen LogP contribution in [0.3, 0.4) is 0 Å². The Morgan fingerprint density at radius 3 is 2.33 bits per heavy atom. The van der Waals surface area contributed by atoms with E-state index in [9.17, 15) is 27.2 Å². The van der Waals surface area contributed by atoms with Gasteiger partial charge in [0.05, 0.1) is 30.0 Å². The Labute approximate surface area is 168 Å². The van der Waals surface area contributed by atoms with Crippen molar-refractivity contribution in [3.8, 4) is 11.8 Å². The van der Waals surface area contributed by atoms with E-state index in [-0.39, 0.29) is 17.0 Å². The fourth-order valence-corrected chi connectivity index (χ4v) is 3.31. The lowest BCUT2D eigenvalue weighted by atomic mass is 9.90. The molecule has 2 aromatic carbocycles. The van der Waals surface area contributed by atoms with Crippen LogP contribution in [0.2, 0.25) is 0 Å². The first-order chi connectivity index (χ1) is 14.0. The first kappa shape index (κ1) is 21.1. The lowest BCUT2D eigenvalue weighted by Crippen LogP contribution is -2.42. The van der Waals surface area contributed by atoms with Crippen molar-refractivity contribution >= 4 is 17.6 Å². The molecule has 6 nitrogen and oxygen atoms in total. The molecule has 0 aromatic heterocycles. The van der Waals surface area contributed by atoms with Crippen LogP contribution >= 0.6 is 0 Å². The molecule has 0 spiro atoms. The summed E-state index contributed by atoms with van der Waals surface area (Å²) in [4.78, 5) is 27.6. The van der Waals surface area contributed by atoms with Gasteiger partial charge in [0.25, 0.3) is 5.91 Å². The van der Waals surface area contributed by atoms with Crippen LogP contribution in [-0.2, 0) is 16.5 Å². The topological polar surface area (TPSA) is 73.6 Å². The molecular formula is C20H15F4N3O3. The lowest BCUT2D eigenvalue weighted by molar-refractivity contribution is -0.137. The van der Waals surface area contributed by atoms with Gasteiger partial charge in [-0.15, -0.1) is 0 Å². The SMILES string of the molecule is COc1ccc(C2(C)C(=O)N(c3ccc(C#N)c(C(F)(F)F)c3)C(=O)N2C)cc1F. The second kappa shape index (κ2) is 7.02. The van der Waals surface area contributed by atoms with Gasteiger partial charge in [-0.3, -0.25) is 4.79 Å². The summed E-state index contributed by atoms with van der Waals surface area (Å²) >= 11 is 0. The van der Waals surface area contributed by atoms with Gasteiger partial charge >= 0.3 is 12.2 Å². The highest BCUT2D eigenvalue weighted by Gasteiger charge is 2.54. The fourth-order valence-electron chi connectivity index (χ4n) is 3.31. The van der Waals surface area contributed by atoms with Gasteiger partial charge in [0.1, 0.15) is 5.54 Å². The van der Waals surface area contributed by atoms with Crippen molar-refractivity contribution in [1.82, 2.24) is 4.90 Å². The summed E-state index contributed by atoms with van der Waals surface area (Å²) < 4.78 is 59.0. The normalized spacial score (nSPS) is 19.3. The van der Waals surface area contributed by atoms with Gasteiger partial charge in [0, 0.05) is 7.05 Å². The van der Waals surface area contributed by atoms with Crippen molar-refractivity contribution in [3.63, 3.8) is 0 Å². The summed E-state index contributed by atoms with van der Waals surface area (Å²) in [6, 6.07) is 6.80. The molecule has 0 N–H and O–H groups in total. The second-order valence-electron chi connectivity index (χ2n) is 6.74. The Morgan fingerprint density at radius 2 is 1.80 bits per heavy atom. The molecule has 0 saturated carbocycles. The number of rotatable bonds is 3. The molecule has 0 aliphatic carbocycles.